The fourth-order valence-corrected chi connectivity index (χ4v) is 16.8. The molecule has 0 aliphatic rings. The highest BCUT2D eigenvalue weighted by atomic mass is 14.9. The Hall–Kier alpha value is -14.5. The Morgan fingerprint density at radius 3 is 0.767 bits per heavy atom. The zero-order valence-corrected chi connectivity index (χ0v) is 78.1. The molecule has 0 aliphatic heterocycles. The van der Waals surface area contributed by atoms with Gasteiger partial charge in [0.25, 0.3) is 0 Å². The van der Waals surface area contributed by atoms with Crippen LogP contribution < -0.4 is 27.4 Å². The van der Waals surface area contributed by atoms with Crippen molar-refractivity contribution in [3.63, 3.8) is 0 Å². The molecule has 18 aromatic rings. The van der Waals surface area contributed by atoms with Gasteiger partial charge in [-0.05, 0) is 292 Å². The van der Waals surface area contributed by atoms with Crippen molar-refractivity contribution in [1.82, 2.24) is 0 Å². The molecule has 6 heterocycles. The smallest absolute Gasteiger partial charge is 0.201 e. The summed E-state index contributed by atoms with van der Waals surface area (Å²) in [5.41, 5.74) is 44.0. The van der Waals surface area contributed by atoms with Crippen molar-refractivity contribution in [1.29, 1.82) is 0 Å². The summed E-state index contributed by atoms with van der Waals surface area (Å²) in [6.07, 6.45) is 11.5. The fourth-order valence-electron chi connectivity index (χ4n) is 16.8. The minimum absolute atomic E-state index is 0.356. The van der Waals surface area contributed by atoms with Crippen molar-refractivity contribution in [3.05, 3.63) is 466 Å². The molecule has 0 spiro atoms. The first kappa shape index (κ1) is 80.4. The minimum atomic E-state index is -2.09. The van der Waals surface area contributed by atoms with Crippen molar-refractivity contribution in [2.45, 2.75) is 104 Å². The summed E-state index contributed by atoms with van der Waals surface area (Å²) in [4.78, 5) is 0. The number of rotatable bonds is 12. The van der Waals surface area contributed by atoms with Gasteiger partial charge in [-0.15, -0.1) is 0 Å². The maximum absolute atomic E-state index is 7.71. The molecular formula is C123H126N6+6. The van der Waals surface area contributed by atoms with Crippen LogP contribution in [0.25, 0.3) is 134 Å². The number of aryl methyl sites for hydroxylation is 21. The van der Waals surface area contributed by atoms with Crippen LogP contribution in [0, 0.1) is 104 Å². The summed E-state index contributed by atoms with van der Waals surface area (Å²) >= 11 is 0. The predicted molar refractivity (Wildman–Crippen MR) is 542 cm³/mol. The number of hydrogen-bond acceptors (Lipinski definition) is 0. The highest BCUT2D eigenvalue weighted by Crippen LogP contribution is 2.37. The Labute approximate surface area is 781 Å². The average Bonchev–Trinajstić information content (AvgIpc) is 0.784. The third kappa shape index (κ3) is 22.9. The van der Waals surface area contributed by atoms with Gasteiger partial charge in [0.1, 0.15) is 42.3 Å². The van der Waals surface area contributed by atoms with E-state index < -0.39 is 20.6 Å². The highest BCUT2D eigenvalue weighted by Gasteiger charge is 2.22. The van der Waals surface area contributed by atoms with E-state index in [1.807, 2.05) is 109 Å². The molecule has 0 bridgehead atoms. The Kier molecular flexibility index (Phi) is 26.6. The van der Waals surface area contributed by atoms with Crippen LogP contribution in [0.5, 0.6) is 0 Å². The Morgan fingerprint density at radius 2 is 0.426 bits per heavy atom. The molecule has 0 saturated carbocycles. The third-order valence-corrected chi connectivity index (χ3v) is 24.1. The Bertz CT molecular complexity index is 7320. The van der Waals surface area contributed by atoms with E-state index in [1.54, 1.807) is 24.7 Å². The quantitative estimate of drug-likeness (QED) is 0.109. The normalized spacial score (nSPS) is 12.0. The summed E-state index contributed by atoms with van der Waals surface area (Å²) in [5, 5.41) is 0. The summed E-state index contributed by atoms with van der Waals surface area (Å²) in [7, 11) is 12.0. The number of nitrogens with zero attached hydrogens (tertiary/aromatic N) is 6. The van der Waals surface area contributed by atoms with Crippen LogP contribution in [0.3, 0.4) is 0 Å². The molecule has 18 rings (SSSR count). The van der Waals surface area contributed by atoms with Crippen molar-refractivity contribution < 1.29 is 39.7 Å². The maximum atomic E-state index is 7.71. The first-order valence-electron chi connectivity index (χ1n) is 48.7. The summed E-state index contributed by atoms with van der Waals surface area (Å²) in [6.45, 7) is 18.8. The zero-order valence-electron chi connectivity index (χ0n) is 87.1. The van der Waals surface area contributed by atoms with Gasteiger partial charge in [0, 0.05) is 117 Å². The van der Waals surface area contributed by atoms with Crippen molar-refractivity contribution >= 4 is 0 Å². The number of aromatic nitrogens is 6. The lowest BCUT2D eigenvalue weighted by molar-refractivity contribution is -0.660. The van der Waals surface area contributed by atoms with E-state index in [9.17, 15) is 0 Å². The van der Waals surface area contributed by atoms with E-state index >= 15 is 0 Å². The molecule has 0 amide bonds. The molecule has 642 valence electrons. The molecule has 0 radical (unpaired) electrons. The van der Waals surface area contributed by atoms with Crippen molar-refractivity contribution in [2.24, 2.45) is 42.3 Å². The van der Waals surface area contributed by atoms with Crippen LogP contribution in [0.15, 0.2) is 383 Å². The third-order valence-electron chi connectivity index (χ3n) is 24.1. The standard InChI is InChI=1S/C22H24N.2C21H22N.2C20H20N.C19H18N/c1-15-13-22(23(5)14-18(15)4)21-12-16(2)20(11-17(21)3)19-9-7-6-8-10-19;1-15-13-21(22(4)14-17(15)3)20-11-10-19(12-16(20)2)18-8-6-5-7-9-18;1-15-10-11-21(22(4)14-15)20-13-16(2)19(12-17(20)3)18-8-6-5-7-9-18;1-15-14-19(20-11-7-8-12-21(20)3)16(2)13-18(15)17-9-5-4-6-10-17;1-15-9-12-20(21(3)14-15)19-13-18(11-10-16(19)2)17-7-5-4-6-8-17;1-15-11-12-17(16-8-4-3-5-9-16)14-18(15)19-10-6-7-13-20(19)2/h6-14H,1-5H3;2*5-14H,1-4H3;2*4-14H,1-3H3;3-14H,1-2H3/q6*+1/i4D3;3D3;1D3;;;. The highest BCUT2D eigenvalue weighted by molar-refractivity contribution is 5.80. The fraction of sp³-hybridized carbons (Fsp3) is 0.171. The molecule has 0 saturated heterocycles. The van der Waals surface area contributed by atoms with Crippen LogP contribution in [-0.4, -0.2) is 0 Å². The molecule has 0 unspecified atom stereocenters. The first-order valence-corrected chi connectivity index (χ1v) is 44.2. The molecule has 0 N–H and O–H groups in total. The zero-order chi connectivity index (χ0) is 99.0. The molecule has 129 heavy (non-hydrogen) atoms. The van der Waals surface area contributed by atoms with Gasteiger partial charge in [-0.2, -0.15) is 0 Å². The van der Waals surface area contributed by atoms with E-state index in [1.165, 1.54) is 151 Å². The van der Waals surface area contributed by atoms with Crippen LogP contribution in [0.4, 0.5) is 0 Å². The Balaban J connectivity index is 0.000000140. The van der Waals surface area contributed by atoms with Gasteiger partial charge in [-0.25, -0.2) is 27.4 Å². The van der Waals surface area contributed by atoms with Gasteiger partial charge in [-0.1, -0.05) is 237 Å². The average molecular weight is 1700 g/mol. The number of benzene rings is 12. The van der Waals surface area contributed by atoms with E-state index in [2.05, 4.69) is 402 Å². The van der Waals surface area contributed by atoms with E-state index in [0.29, 0.717) is 16.7 Å². The van der Waals surface area contributed by atoms with Crippen LogP contribution >= 0.6 is 0 Å². The van der Waals surface area contributed by atoms with Crippen molar-refractivity contribution in [2.75, 3.05) is 0 Å². The van der Waals surface area contributed by atoms with Crippen molar-refractivity contribution in [3.8, 4) is 134 Å². The molecule has 6 aromatic heterocycles. The lowest BCUT2D eigenvalue weighted by atomic mass is 9.93. The Morgan fingerprint density at radius 1 is 0.155 bits per heavy atom. The molecule has 12 aromatic carbocycles. The molecule has 0 aliphatic carbocycles. The van der Waals surface area contributed by atoms with Gasteiger partial charge in [0.05, 0.1) is 0 Å². The summed E-state index contributed by atoms with van der Waals surface area (Å²) in [5.74, 6) is 0. The maximum Gasteiger partial charge on any atom is 0.212 e. The van der Waals surface area contributed by atoms with Crippen LogP contribution in [0.2, 0.25) is 0 Å². The lowest BCUT2D eigenvalue weighted by Crippen LogP contribution is -2.31. The van der Waals surface area contributed by atoms with Gasteiger partial charge in [0.15, 0.2) is 37.2 Å². The molecule has 0 fully saturated rings. The summed E-state index contributed by atoms with van der Waals surface area (Å²) in [6, 6.07) is 120. The molecular weight excluding hydrogens is 1560 g/mol. The van der Waals surface area contributed by atoms with Gasteiger partial charge >= 0.3 is 0 Å². The number of hydrogen-bond donors (Lipinski definition) is 0. The van der Waals surface area contributed by atoms with E-state index in [0.717, 1.165) is 50.5 Å². The van der Waals surface area contributed by atoms with E-state index in [-0.39, 0.29) is 0 Å². The van der Waals surface area contributed by atoms with Crippen LogP contribution in [-0.2, 0) is 42.3 Å². The second-order valence-electron chi connectivity index (χ2n) is 34.0. The monoisotopic (exact) mass is 1700 g/mol. The molecule has 6 nitrogen and oxygen atoms in total. The first-order chi connectivity index (χ1) is 65.8. The van der Waals surface area contributed by atoms with Gasteiger partial charge in [-0.3, -0.25) is 0 Å². The summed E-state index contributed by atoms with van der Waals surface area (Å²) < 4.78 is 81.1. The second-order valence-corrected chi connectivity index (χ2v) is 34.0. The predicted octanol–water partition coefficient (Wildman–Crippen LogP) is 27.7. The van der Waals surface area contributed by atoms with Gasteiger partial charge < -0.3 is 0 Å². The largest absolute Gasteiger partial charge is 0.212 e. The topological polar surface area (TPSA) is 23.3 Å². The SMILES string of the molecule is Cc1cc(-c2cccc[n+]2C)c(C)cc1-c1ccccc1.Cc1ccc(-c2cc(-c3ccccc3)ccc2C)[n+](C)c1.Cc1ccc(-c2ccccc2)cc1-c1cccc[n+]1C.[2H]C([2H])([2H])c1c[n+](C)c(-c2cc(C)c(-c3ccccc3)cc2C)cc1C.[2H]C([2H])([2H])c1c[n+](C)c(-c2ccc(-c3ccccc3)cc2C)cc1C.[2H]C([2H])([2H])c1ccc(-c2cc(C)c(-c3ccccc3)cc2C)[n+](C)c1. The molecule has 6 heteroatoms. The van der Waals surface area contributed by atoms with Crippen LogP contribution in [0.1, 0.15) is 95.8 Å². The number of pyridine rings is 6. The molecule has 0 atom stereocenters. The second kappa shape index (κ2) is 42.7. The lowest BCUT2D eigenvalue weighted by Gasteiger charge is -2.12. The van der Waals surface area contributed by atoms with E-state index in [4.69, 9.17) is 12.3 Å². The van der Waals surface area contributed by atoms with Gasteiger partial charge in [0.2, 0.25) is 34.2 Å². The minimum Gasteiger partial charge on any atom is -0.201 e.